The minimum atomic E-state index is -4.50. The van der Waals surface area contributed by atoms with E-state index in [1.807, 2.05) is 0 Å². The fourth-order valence-electron chi connectivity index (χ4n) is 0.149. The molecule has 0 amide bonds. The van der Waals surface area contributed by atoms with Gasteiger partial charge in [-0.15, -0.1) is 3.63 Å². The summed E-state index contributed by atoms with van der Waals surface area (Å²) in [7, 11) is -8.92. The first-order chi connectivity index (χ1) is 3.71. The normalized spacial score (nSPS) is 15.4. The lowest BCUT2D eigenvalue weighted by Crippen LogP contribution is -2.31. The van der Waals surface area contributed by atoms with Crippen molar-refractivity contribution in [2.75, 3.05) is 0 Å². The molecule has 5 N–H and O–H groups in total. The van der Waals surface area contributed by atoms with Crippen molar-refractivity contribution in [1.82, 2.24) is 0 Å². The van der Waals surface area contributed by atoms with E-state index in [-0.39, 0.29) is 0 Å². The van der Waals surface area contributed by atoms with Gasteiger partial charge in [0.25, 0.3) is 0 Å². The molecule has 0 saturated heterocycles. The second-order valence-electron chi connectivity index (χ2n) is 1.13. The molecule has 0 aromatic rings. The molecule has 0 unspecified atom stereocenters. The Balaban J connectivity index is 4.26. The molecule has 9 heteroatoms. The van der Waals surface area contributed by atoms with Gasteiger partial charge in [-0.3, -0.25) is 4.55 Å². The number of nitrogens with two attached hydrogens (primary N) is 2. The van der Waals surface area contributed by atoms with E-state index in [0.717, 1.165) is 0 Å². The van der Waals surface area contributed by atoms with Crippen LogP contribution in [0.2, 0.25) is 0 Å². The van der Waals surface area contributed by atoms with Crippen LogP contribution in [0, 0.1) is 0 Å². The summed E-state index contributed by atoms with van der Waals surface area (Å²) < 4.78 is 40.7. The van der Waals surface area contributed by atoms with Gasteiger partial charge in [-0.1, -0.05) is 0 Å². The van der Waals surface area contributed by atoms with Crippen LogP contribution in [0.5, 0.6) is 0 Å². The minimum absolute atomic E-state index is 3.26. The van der Waals surface area contributed by atoms with Crippen molar-refractivity contribution < 1.29 is 20.8 Å². The third-order valence-electron chi connectivity index (χ3n) is 0.211. The fourth-order valence-corrected chi connectivity index (χ4v) is 1.34. The van der Waals surface area contributed by atoms with Gasteiger partial charge in [-0.25, -0.2) is 14.5 Å². The number of hydrogen-bond acceptors (Lipinski definition) is 4. The molecule has 0 rings (SSSR count). The van der Waals surface area contributed by atoms with E-state index in [1.165, 1.54) is 0 Å². The third kappa shape index (κ3) is 7.94. The zero-order chi connectivity index (χ0) is 7.71. The van der Waals surface area contributed by atoms with Crippen molar-refractivity contribution in [3.8, 4) is 0 Å². The summed E-state index contributed by atoms with van der Waals surface area (Å²) in [6.45, 7) is 0. The topological polar surface area (TPSA) is 133 Å². The molecule has 0 saturated carbocycles. The van der Waals surface area contributed by atoms with E-state index in [9.17, 15) is 12.6 Å². The molecule has 7 nitrogen and oxygen atoms in total. The highest BCUT2D eigenvalue weighted by atomic mass is 32.3. The fraction of sp³-hybridized carbons (Fsp3) is 0. The molecule has 0 aromatic carbocycles. The van der Waals surface area contributed by atoms with Crippen LogP contribution in [0.15, 0.2) is 0 Å². The molecule has 0 aliphatic rings. The third-order valence-corrected chi connectivity index (χ3v) is 1.90. The summed E-state index contributed by atoms with van der Waals surface area (Å²) >= 11 is 0. The van der Waals surface area contributed by atoms with Gasteiger partial charge in [0.05, 0.1) is 0 Å². The number of hydrogen-bond donors (Lipinski definition) is 4. The van der Waals surface area contributed by atoms with Crippen LogP contribution in [0.25, 0.3) is 0 Å². The van der Waals surface area contributed by atoms with Crippen LogP contribution in [0.3, 0.4) is 0 Å². The van der Waals surface area contributed by atoms with E-state index < -0.39 is 21.0 Å². The lowest BCUT2D eigenvalue weighted by Gasteiger charge is -2.07. The summed E-state index contributed by atoms with van der Waals surface area (Å²) in [5, 5.41) is 8.41. The van der Waals surface area contributed by atoms with Gasteiger partial charge >= 0.3 is 10.3 Å². The van der Waals surface area contributed by atoms with Crippen LogP contribution < -0.4 is 10.3 Å². The van der Waals surface area contributed by atoms with Crippen LogP contribution in [-0.2, 0) is 24.6 Å². The summed E-state index contributed by atoms with van der Waals surface area (Å²) in [4.78, 5) is 0. The Kier molecular flexibility index (Phi) is 2.27. The van der Waals surface area contributed by atoms with Gasteiger partial charge in [0, 0.05) is 0 Å². The molecule has 0 aliphatic carbocycles. The summed E-state index contributed by atoms with van der Waals surface area (Å²) in [6, 6.07) is 0. The van der Waals surface area contributed by atoms with Crippen LogP contribution in [0.1, 0.15) is 0 Å². The maximum atomic E-state index is 9.88. The summed E-state index contributed by atoms with van der Waals surface area (Å²) in [5.74, 6) is 0. The Labute approximate surface area is 52.8 Å². The number of rotatable bonds is 2. The van der Waals surface area contributed by atoms with E-state index in [4.69, 9.17) is 4.55 Å². The lowest BCUT2D eigenvalue weighted by molar-refractivity contribution is 0.421. The van der Waals surface area contributed by atoms with E-state index in [1.54, 1.807) is 0 Å². The van der Waals surface area contributed by atoms with Gasteiger partial charge in [0.1, 0.15) is 10.7 Å². The quantitative estimate of drug-likeness (QED) is 0.346. The summed E-state index contributed by atoms with van der Waals surface area (Å²) in [6.07, 6.45) is 0. The van der Waals surface area contributed by atoms with Crippen LogP contribution >= 0.6 is 0 Å². The predicted octanol–water partition coefficient (Wildman–Crippen LogP) is -2.52. The maximum absolute atomic E-state index is 9.88. The number of thiol groups is 1. The molecule has 0 bridgehead atoms. The van der Waals surface area contributed by atoms with Crippen molar-refractivity contribution in [3.63, 3.8) is 0 Å². The summed E-state index contributed by atoms with van der Waals surface area (Å²) in [5.41, 5.74) is 0. The molecule has 0 aliphatic heterocycles. The molecule has 0 radical (unpaired) electrons. The molecule has 0 heterocycles. The highest BCUT2D eigenvalue weighted by Gasteiger charge is 2.10. The largest absolute Gasteiger partial charge is 0.347 e. The van der Waals surface area contributed by atoms with Gasteiger partial charge in [0.15, 0.2) is 0 Å². The maximum Gasteiger partial charge on any atom is 0.347 e. The first kappa shape index (κ1) is 8.94. The first-order valence-corrected chi connectivity index (χ1v) is 4.68. The first-order valence-electron chi connectivity index (χ1n) is 1.56. The lowest BCUT2D eigenvalue weighted by atomic mass is 13.9. The average Bonchev–Trinajstić information content (AvgIpc) is 1.14. The molecule has 58 valence electrons. The van der Waals surface area contributed by atoms with E-state index in [0.29, 0.717) is 0 Å². The molecular weight excluding hydrogens is 172 g/mol. The van der Waals surface area contributed by atoms with Gasteiger partial charge < -0.3 is 0 Å². The zero-order valence-corrected chi connectivity index (χ0v) is 5.80. The Morgan fingerprint density at radius 2 is 1.89 bits per heavy atom. The smallest absolute Gasteiger partial charge is 0.298 e. The van der Waals surface area contributed by atoms with Gasteiger partial charge in [-0.2, -0.15) is 8.42 Å². The highest BCUT2D eigenvalue weighted by molar-refractivity contribution is 8.01. The Morgan fingerprint density at radius 1 is 1.56 bits per heavy atom. The van der Waals surface area contributed by atoms with Crippen molar-refractivity contribution >= 4 is 21.0 Å². The van der Waals surface area contributed by atoms with Crippen molar-refractivity contribution in [1.29, 1.82) is 0 Å². The minimum Gasteiger partial charge on any atom is -0.298 e. The SMILES string of the molecule is NS(=O)(=O)O[SH](N)(=O)O. The predicted molar refractivity (Wildman–Crippen MR) is 30.5 cm³/mol. The Morgan fingerprint density at radius 3 is 1.89 bits per heavy atom. The highest BCUT2D eigenvalue weighted by Crippen LogP contribution is 1.92. The van der Waals surface area contributed by atoms with Gasteiger partial charge in [-0.05, 0) is 0 Å². The molecule has 0 spiro atoms. The monoisotopic (exact) mass is 178 g/mol. The van der Waals surface area contributed by atoms with Crippen molar-refractivity contribution in [3.05, 3.63) is 0 Å². The van der Waals surface area contributed by atoms with Crippen LogP contribution in [-0.4, -0.2) is 17.2 Å². The molecule has 9 heavy (non-hydrogen) atoms. The second kappa shape index (κ2) is 2.28. The average molecular weight is 178 g/mol. The molecule has 0 fully saturated rings. The second-order valence-corrected chi connectivity index (χ2v) is 3.84. The van der Waals surface area contributed by atoms with Crippen molar-refractivity contribution in [2.45, 2.75) is 0 Å². The molecule has 0 aromatic heterocycles. The Bertz CT molecular complexity index is 219. The van der Waals surface area contributed by atoms with E-state index in [2.05, 4.69) is 13.9 Å². The van der Waals surface area contributed by atoms with Crippen LogP contribution in [0.4, 0.5) is 0 Å². The molecule has 0 atom stereocenters. The zero-order valence-electron chi connectivity index (χ0n) is 4.09. The molecular formula is H6N2O5S2. The standard InChI is InChI=1S/H6N2O5S2/c1-8(3,4)7-9(2,5)6/h8H,(H3,1,3,4)(H2,2,5,6). The Hall–Kier alpha value is -0.0600. The van der Waals surface area contributed by atoms with Gasteiger partial charge in [0.2, 0.25) is 0 Å². The van der Waals surface area contributed by atoms with Crippen molar-refractivity contribution in [2.24, 2.45) is 10.3 Å². The van der Waals surface area contributed by atoms with E-state index >= 15 is 0 Å².